The van der Waals surface area contributed by atoms with E-state index in [2.05, 4.69) is 5.32 Å². The van der Waals surface area contributed by atoms with Crippen LogP contribution in [0.2, 0.25) is 0 Å². The zero-order valence-corrected chi connectivity index (χ0v) is 10.1. The third-order valence-electron chi connectivity index (χ3n) is 2.15. The average Bonchev–Trinajstić information content (AvgIpc) is 2.20. The molecule has 0 aliphatic rings. The molecule has 0 radical (unpaired) electrons. The van der Waals surface area contributed by atoms with Crippen molar-refractivity contribution in [2.75, 3.05) is 6.54 Å². The van der Waals surface area contributed by atoms with Crippen molar-refractivity contribution in [2.24, 2.45) is 11.5 Å². The van der Waals surface area contributed by atoms with Gasteiger partial charge in [0.2, 0.25) is 0 Å². The molecule has 0 rings (SSSR count). The second kappa shape index (κ2) is 7.61. The molecule has 17 heavy (non-hydrogen) atoms. The summed E-state index contributed by atoms with van der Waals surface area (Å²) < 4.78 is 4.95. The number of carbonyl (C=O) groups is 3. The lowest BCUT2D eigenvalue weighted by atomic mass is 10.0. The molecule has 0 bridgehead atoms. The highest BCUT2D eigenvalue weighted by Crippen LogP contribution is 2.07. The number of nitrogens with two attached hydrogens (primary N) is 2. The number of primary amides is 1. The van der Waals surface area contributed by atoms with Crippen LogP contribution in [-0.2, 0) is 14.3 Å². The van der Waals surface area contributed by atoms with Crippen LogP contribution in [-0.4, -0.2) is 36.5 Å². The van der Waals surface area contributed by atoms with E-state index in [1.165, 1.54) is 13.8 Å². The number of urea groups is 1. The lowest BCUT2D eigenvalue weighted by Crippen LogP contribution is -2.43. The molecule has 0 aliphatic carbocycles. The molecule has 2 unspecified atom stereocenters. The molecule has 0 fully saturated rings. The normalized spacial score (nSPS) is 13.6. The maximum absolute atomic E-state index is 11.1. The molecule has 2 amide bonds. The van der Waals surface area contributed by atoms with Crippen molar-refractivity contribution in [1.82, 2.24) is 5.32 Å². The van der Waals surface area contributed by atoms with Crippen molar-refractivity contribution in [3.63, 3.8) is 0 Å². The van der Waals surface area contributed by atoms with Gasteiger partial charge in [-0.05, 0) is 19.8 Å². The molecule has 0 saturated carbocycles. The van der Waals surface area contributed by atoms with E-state index < -0.39 is 24.1 Å². The summed E-state index contributed by atoms with van der Waals surface area (Å²) in [6, 6.07) is -1.46. The van der Waals surface area contributed by atoms with E-state index in [1.807, 2.05) is 0 Å². The minimum absolute atomic E-state index is 0.251. The van der Waals surface area contributed by atoms with Crippen LogP contribution < -0.4 is 16.8 Å². The summed E-state index contributed by atoms with van der Waals surface area (Å²) in [5.74, 6) is -0.742. The Morgan fingerprint density at radius 2 is 1.88 bits per heavy atom. The fraction of sp³-hybridized carbons (Fsp3) is 0.700. The van der Waals surface area contributed by atoms with E-state index in [9.17, 15) is 14.4 Å². The molecule has 7 heteroatoms. The van der Waals surface area contributed by atoms with Crippen molar-refractivity contribution in [3.05, 3.63) is 0 Å². The lowest BCUT2D eigenvalue weighted by molar-refractivity contribution is -0.148. The van der Waals surface area contributed by atoms with Crippen LogP contribution in [0.25, 0.3) is 0 Å². The standard InChI is InChI=1S/C10H19N3O4/c1-6(14)9(11)8(17-7(2)15)4-3-5-13-10(12)16/h8-9H,3-5,11H2,1-2H3,(H3,12,13,16). The number of hydrogen-bond acceptors (Lipinski definition) is 5. The van der Waals surface area contributed by atoms with Gasteiger partial charge < -0.3 is 21.5 Å². The summed E-state index contributed by atoms with van der Waals surface area (Å²) >= 11 is 0. The number of amides is 2. The fourth-order valence-corrected chi connectivity index (χ4v) is 1.30. The summed E-state index contributed by atoms with van der Waals surface area (Å²) in [5, 5.41) is 2.39. The smallest absolute Gasteiger partial charge is 0.312 e. The maximum atomic E-state index is 11.1. The van der Waals surface area contributed by atoms with Gasteiger partial charge in [0.05, 0.1) is 0 Å². The highest BCUT2D eigenvalue weighted by molar-refractivity contribution is 5.82. The molecule has 7 nitrogen and oxygen atoms in total. The van der Waals surface area contributed by atoms with Crippen LogP contribution in [0.1, 0.15) is 26.7 Å². The van der Waals surface area contributed by atoms with E-state index in [-0.39, 0.29) is 5.78 Å². The van der Waals surface area contributed by atoms with Gasteiger partial charge in [-0.3, -0.25) is 9.59 Å². The monoisotopic (exact) mass is 245 g/mol. The minimum atomic E-state index is -0.840. The first-order valence-electron chi connectivity index (χ1n) is 5.31. The van der Waals surface area contributed by atoms with Crippen molar-refractivity contribution >= 4 is 17.8 Å². The molecular formula is C10H19N3O4. The molecule has 0 aromatic rings. The highest BCUT2D eigenvalue weighted by atomic mass is 16.5. The first kappa shape index (κ1) is 15.4. The van der Waals surface area contributed by atoms with Gasteiger partial charge in [-0.1, -0.05) is 0 Å². The number of ether oxygens (including phenoxy) is 1. The predicted molar refractivity (Wildman–Crippen MR) is 61.0 cm³/mol. The van der Waals surface area contributed by atoms with E-state index in [1.54, 1.807) is 0 Å². The summed E-state index contributed by atoms with van der Waals surface area (Å²) in [6.45, 7) is 2.93. The van der Waals surface area contributed by atoms with E-state index in [0.717, 1.165) is 0 Å². The number of hydrogen-bond donors (Lipinski definition) is 3. The van der Waals surface area contributed by atoms with Crippen molar-refractivity contribution in [2.45, 2.75) is 38.8 Å². The summed E-state index contributed by atoms with van der Waals surface area (Å²) in [5.41, 5.74) is 10.5. The second-order valence-electron chi connectivity index (χ2n) is 3.72. The Labute approximate surface area is 99.9 Å². The van der Waals surface area contributed by atoms with E-state index >= 15 is 0 Å². The van der Waals surface area contributed by atoms with Crippen molar-refractivity contribution in [1.29, 1.82) is 0 Å². The molecule has 0 aromatic carbocycles. The molecule has 0 spiro atoms. The topological polar surface area (TPSA) is 125 Å². The number of rotatable bonds is 7. The molecular weight excluding hydrogens is 226 g/mol. The first-order valence-corrected chi connectivity index (χ1v) is 5.31. The van der Waals surface area contributed by atoms with Gasteiger partial charge in [0, 0.05) is 13.5 Å². The number of Topliss-reactive ketones (excluding diaryl/α,β-unsaturated/α-hetero) is 1. The first-order chi connectivity index (χ1) is 7.84. The average molecular weight is 245 g/mol. The maximum Gasteiger partial charge on any atom is 0.312 e. The number of esters is 1. The Hall–Kier alpha value is -1.63. The number of carbonyl (C=O) groups excluding carboxylic acids is 3. The van der Waals surface area contributed by atoms with E-state index in [0.29, 0.717) is 19.4 Å². The Balaban J connectivity index is 4.15. The van der Waals surface area contributed by atoms with Gasteiger partial charge in [-0.15, -0.1) is 0 Å². The molecule has 2 atom stereocenters. The van der Waals surface area contributed by atoms with Gasteiger partial charge in [-0.2, -0.15) is 0 Å². The third-order valence-corrected chi connectivity index (χ3v) is 2.15. The number of ketones is 1. The lowest BCUT2D eigenvalue weighted by Gasteiger charge is -2.21. The number of nitrogens with one attached hydrogen (secondary N) is 1. The minimum Gasteiger partial charge on any atom is -0.460 e. The van der Waals surface area contributed by atoms with Gasteiger partial charge in [0.1, 0.15) is 17.9 Å². The zero-order chi connectivity index (χ0) is 13.4. The van der Waals surface area contributed by atoms with Gasteiger partial charge in [-0.25, -0.2) is 4.79 Å². The molecule has 98 valence electrons. The highest BCUT2D eigenvalue weighted by Gasteiger charge is 2.23. The third kappa shape index (κ3) is 7.29. The van der Waals surface area contributed by atoms with Crippen LogP contribution in [0, 0.1) is 0 Å². The van der Waals surface area contributed by atoms with Crippen LogP contribution in [0.3, 0.4) is 0 Å². The summed E-state index contributed by atoms with van der Waals surface area (Å²) in [6.07, 6.45) is 0.238. The Morgan fingerprint density at radius 1 is 1.29 bits per heavy atom. The largest absolute Gasteiger partial charge is 0.460 e. The molecule has 0 aliphatic heterocycles. The quantitative estimate of drug-likeness (QED) is 0.403. The van der Waals surface area contributed by atoms with Crippen LogP contribution in [0.15, 0.2) is 0 Å². The van der Waals surface area contributed by atoms with Crippen LogP contribution >= 0.6 is 0 Å². The van der Waals surface area contributed by atoms with E-state index in [4.69, 9.17) is 16.2 Å². The predicted octanol–water partition coefficient (Wildman–Crippen LogP) is -0.717. The molecule has 0 aromatic heterocycles. The Morgan fingerprint density at radius 3 is 2.29 bits per heavy atom. The van der Waals surface area contributed by atoms with Crippen LogP contribution in [0.5, 0.6) is 0 Å². The van der Waals surface area contributed by atoms with Gasteiger partial charge >= 0.3 is 12.0 Å². The van der Waals surface area contributed by atoms with Crippen molar-refractivity contribution < 1.29 is 19.1 Å². The van der Waals surface area contributed by atoms with Crippen molar-refractivity contribution in [3.8, 4) is 0 Å². The summed E-state index contributed by atoms with van der Waals surface area (Å²) in [7, 11) is 0. The second-order valence-corrected chi connectivity index (χ2v) is 3.72. The molecule has 0 heterocycles. The fourth-order valence-electron chi connectivity index (χ4n) is 1.30. The Bertz CT molecular complexity index is 293. The summed E-state index contributed by atoms with van der Waals surface area (Å²) in [4.78, 5) is 32.4. The molecule has 5 N–H and O–H groups in total. The van der Waals surface area contributed by atoms with Gasteiger partial charge in [0.25, 0.3) is 0 Å². The van der Waals surface area contributed by atoms with Gasteiger partial charge in [0.15, 0.2) is 0 Å². The van der Waals surface area contributed by atoms with Crippen LogP contribution in [0.4, 0.5) is 4.79 Å². The SMILES string of the molecule is CC(=O)OC(CCCNC(N)=O)C(N)C(C)=O. The molecule has 0 saturated heterocycles. The Kier molecular flexibility index (Phi) is 6.88. The zero-order valence-electron chi connectivity index (χ0n) is 10.1.